The molecule has 0 aliphatic heterocycles. The van der Waals surface area contributed by atoms with Crippen LogP contribution in [0.25, 0.3) is 0 Å². The number of hydrogen-bond acceptors (Lipinski definition) is 2. The third-order valence-electron chi connectivity index (χ3n) is 2.57. The molecule has 0 aromatic heterocycles. The van der Waals surface area contributed by atoms with E-state index < -0.39 is 0 Å². The van der Waals surface area contributed by atoms with Crippen LogP contribution in [0.2, 0.25) is 0 Å². The van der Waals surface area contributed by atoms with Gasteiger partial charge >= 0.3 is 0 Å². The zero-order valence-electron chi connectivity index (χ0n) is 10.7. The minimum atomic E-state index is -0.301. The molecule has 0 fully saturated rings. The Hall–Kier alpha value is -2.47. The molecule has 0 aliphatic rings. The smallest absolute Gasteiger partial charge is 0.176 e. The molecule has 2 aromatic carbocycles. The molecule has 0 saturated carbocycles. The SMILES string of the molecule is COc1cccc(C#Cc2cccc(F)c2)c1OC. The first-order valence-electron chi connectivity index (χ1n) is 5.73. The second-order valence-corrected chi connectivity index (χ2v) is 3.80. The Bertz CT molecular complexity index is 639. The second-order valence-electron chi connectivity index (χ2n) is 3.80. The molecule has 2 aromatic rings. The van der Waals surface area contributed by atoms with Crippen LogP contribution in [0.3, 0.4) is 0 Å². The predicted molar refractivity (Wildman–Crippen MR) is 71.9 cm³/mol. The summed E-state index contributed by atoms with van der Waals surface area (Å²) in [5, 5.41) is 0. The number of hydrogen-bond donors (Lipinski definition) is 0. The summed E-state index contributed by atoms with van der Waals surface area (Å²) in [5.74, 6) is 6.76. The lowest BCUT2D eigenvalue weighted by atomic mass is 10.1. The summed E-state index contributed by atoms with van der Waals surface area (Å²) < 4.78 is 23.5. The van der Waals surface area contributed by atoms with Gasteiger partial charge in [-0.25, -0.2) is 4.39 Å². The zero-order chi connectivity index (χ0) is 13.7. The molecule has 0 radical (unpaired) electrons. The molecule has 96 valence electrons. The lowest BCUT2D eigenvalue weighted by Gasteiger charge is -2.08. The number of ether oxygens (including phenoxy) is 2. The van der Waals surface area contributed by atoms with Crippen molar-refractivity contribution < 1.29 is 13.9 Å². The molecule has 0 N–H and O–H groups in total. The van der Waals surface area contributed by atoms with E-state index in [1.807, 2.05) is 12.1 Å². The van der Waals surface area contributed by atoms with E-state index in [1.54, 1.807) is 32.4 Å². The van der Waals surface area contributed by atoms with Crippen LogP contribution < -0.4 is 9.47 Å². The third-order valence-corrected chi connectivity index (χ3v) is 2.57. The van der Waals surface area contributed by atoms with Crippen molar-refractivity contribution in [2.24, 2.45) is 0 Å². The summed E-state index contributed by atoms with van der Waals surface area (Å²) in [7, 11) is 3.13. The summed E-state index contributed by atoms with van der Waals surface area (Å²) in [6.45, 7) is 0. The molecule has 0 unspecified atom stereocenters. The first-order valence-corrected chi connectivity index (χ1v) is 5.73. The number of methoxy groups -OCH3 is 2. The minimum absolute atomic E-state index is 0.301. The first kappa shape index (κ1) is 13.0. The van der Waals surface area contributed by atoms with Crippen molar-refractivity contribution in [2.45, 2.75) is 0 Å². The number of para-hydroxylation sites is 1. The largest absolute Gasteiger partial charge is 0.493 e. The Kier molecular flexibility index (Phi) is 4.04. The van der Waals surface area contributed by atoms with Gasteiger partial charge in [0.1, 0.15) is 5.82 Å². The van der Waals surface area contributed by atoms with E-state index in [2.05, 4.69) is 11.8 Å². The Balaban J connectivity index is 2.39. The minimum Gasteiger partial charge on any atom is -0.493 e. The Morgan fingerprint density at radius 2 is 1.74 bits per heavy atom. The second kappa shape index (κ2) is 5.92. The maximum atomic E-state index is 13.0. The van der Waals surface area contributed by atoms with Gasteiger partial charge in [0.25, 0.3) is 0 Å². The van der Waals surface area contributed by atoms with Gasteiger partial charge in [0.2, 0.25) is 0 Å². The molecule has 2 rings (SSSR count). The van der Waals surface area contributed by atoms with E-state index in [9.17, 15) is 4.39 Å². The lowest BCUT2D eigenvalue weighted by Crippen LogP contribution is -1.93. The zero-order valence-corrected chi connectivity index (χ0v) is 10.7. The fourth-order valence-corrected chi connectivity index (χ4v) is 1.69. The fourth-order valence-electron chi connectivity index (χ4n) is 1.69. The summed E-state index contributed by atoms with van der Waals surface area (Å²) in [4.78, 5) is 0. The van der Waals surface area contributed by atoms with E-state index in [0.717, 1.165) is 0 Å². The van der Waals surface area contributed by atoms with Crippen molar-refractivity contribution >= 4 is 0 Å². The van der Waals surface area contributed by atoms with Crippen molar-refractivity contribution in [1.29, 1.82) is 0 Å². The molecule has 2 nitrogen and oxygen atoms in total. The van der Waals surface area contributed by atoms with Crippen molar-refractivity contribution in [3.8, 4) is 23.3 Å². The molecular formula is C16H13FO2. The van der Waals surface area contributed by atoms with Crippen LogP contribution in [0.15, 0.2) is 42.5 Å². The van der Waals surface area contributed by atoms with Gasteiger partial charge in [-0.3, -0.25) is 0 Å². The molecule has 0 spiro atoms. The predicted octanol–water partition coefficient (Wildman–Crippen LogP) is 3.24. The Morgan fingerprint density at radius 3 is 2.42 bits per heavy atom. The normalized spacial score (nSPS) is 9.42. The van der Waals surface area contributed by atoms with Gasteiger partial charge in [-0.2, -0.15) is 0 Å². The highest BCUT2D eigenvalue weighted by molar-refractivity contribution is 5.56. The van der Waals surface area contributed by atoms with Crippen molar-refractivity contribution in [2.75, 3.05) is 14.2 Å². The number of benzene rings is 2. The lowest BCUT2D eigenvalue weighted by molar-refractivity contribution is 0.354. The van der Waals surface area contributed by atoms with Crippen LogP contribution >= 0.6 is 0 Å². The maximum Gasteiger partial charge on any atom is 0.176 e. The van der Waals surface area contributed by atoms with Crippen molar-refractivity contribution in [3.05, 3.63) is 59.4 Å². The molecule has 0 bridgehead atoms. The summed E-state index contributed by atoms with van der Waals surface area (Å²) in [6.07, 6.45) is 0. The maximum absolute atomic E-state index is 13.0. The Labute approximate surface area is 111 Å². The van der Waals surface area contributed by atoms with E-state index in [1.165, 1.54) is 12.1 Å². The van der Waals surface area contributed by atoms with Gasteiger partial charge < -0.3 is 9.47 Å². The summed E-state index contributed by atoms with van der Waals surface area (Å²) in [6, 6.07) is 11.6. The van der Waals surface area contributed by atoms with E-state index >= 15 is 0 Å². The van der Waals surface area contributed by atoms with Gasteiger partial charge in [-0.05, 0) is 30.3 Å². The van der Waals surface area contributed by atoms with Gasteiger partial charge in [-0.1, -0.05) is 24.0 Å². The monoisotopic (exact) mass is 256 g/mol. The standard InChI is InChI=1S/C16H13FO2/c1-18-15-8-4-6-13(16(15)19-2)10-9-12-5-3-7-14(17)11-12/h3-8,11H,1-2H3. The highest BCUT2D eigenvalue weighted by Gasteiger charge is 2.06. The molecule has 3 heteroatoms. The highest BCUT2D eigenvalue weighted by atomic mass is 19.1. The topological polar surface area (TPSA) is 18.5 Å². The molecule has 19 heavy (non-hydrogen) atoms. The van der Waals surface area contributed by atoms with Gasteiger partial charge in [0, 0.05) is 5.56 Å². The van der Waals surface area contributed by atoms with Crippen LogP contribution in [0.5, 0.6) is 11.5 Å². The van der Waals surface area contributed by atoms with Crippen molar-refractivity contribution in [1.82, 2.24) is 0 Å². The molecular weight excluding hydrogens is 243 g/mol. The van der Waals surface area contributed by atoms with E-state index in [0.29, 0.717) is 22.6 Å². The molecule has 0 heterocycles. The summed E-state index contributed by atoms with van der Waals surface area (Å²) in [5.41, 5.74) is 1.32. The van der Waals surface area contributed by atoms with Crippen LogP contribution in [-0.2, 0) is 0 Å². The average molecular weight is 256 g/mol. The van der Waals surface area contributed by atoms with Crippen molar-refractivity contribution in [3.63, 3.8) is 0 Å². The van der Waals surface area contributed by atoms with Crippen LogP contribution in [0, 0.1) is 17.7 Å². The van der Waals surface area contributed by atoms with Gasteiger partial charge in [-0.15, -0.1) is 0 Å². The molecule has 0 aliphatic carbocycles. The Morgan fingerprint density at radius 1 is 0.947 bits per heavy atom. The molecule has 0 saturated heterocycles. The van der Waals surface area contributed by atoms with Crippen LogP contribution in [0.4, 0.5) is 4.39 Å². The fraction of sp³-hybridized carbons (Fsp3) is 0.125. The van der Waals surface area contributed by atoms with Gasteiger partial charge in [0.05, 0.1) is 19.8 Å². The quantitative estimate of drug-likeness (QED) is 0.768. The van der Waals surface area contributed by atoms with E-state index in [-0.39, 0.29) is 5.82 Å². The molecule has 0 amide bonds. The average Bonchev–Trinajstić information content (AvgIpc) is 2.44. The number of rotatable bonds is 2. The summed E-state index contributed by atoms with van der Waals surface area (Å²) >= 11 is 0. The van der Waals surface area contributed by atoms with Gasteiger partial charge in [0.15, 0.2) is 11.5 Å². The third kappa shape index (κ3) is 3.05. The molecule has 0 atom stereocenters. The van der Waals surface area contributed by atoms with Crippen LogP contribution in [-0.4, -0.2) is 14.2 Å². The van der Waals surface area contributed by atoms with Crippen LogP contribution in [0.1, 0.15) is 11.1 Å². The van der Waals surface area contributed by atoms with E-state index in [4.69, 9.17) is 9.47 Å². The highest BCUT2D eigenvalue weighted by Crippen LogP contribution is 2.29. The first-order chi connectivity index (χ1) is 9.24. The number of halogens is 1.